The van der Waals surface area contributed by atoms with Crippen LogP contribution in [0, 0.1) is 16.2 Å². The van der Waals surface area contributed by atoms with Gasteiger partial charge in [0.25, 0.3) is 0 Å². The lowest BCUT2D eigenvalue weighted by molar-refractivity contribution is -0.130. The zero-order valence-electron chi connectivity index (χ0n) is 14.1. The third-order valence-corrected chi connectivity index (χ3v) is 7.05. The highest BCUT2D eigenvalue weighted by Gasteiger charge is 2.72. The Balaban J connectivity index is 1.93. The smallest absolute Gasteiger partial charge is 0.231 e. The molecule has 3 atom stereocenters. The second kappa shape index (κ2) is 4.82. The Labute approximate surface area is 133 Å². The number of para-hydroxylation sites is 1. The fourth-order valence-corrected chi connectivity index (χ4v) is 4.82. The third kappa shape index (κ3) is 1.75. The number of carbonyl (C=O) groups excluding carboxylic acids is 1. The molecule has 2 fully saturated rings. The minimum absolute atomic E-state index is 0.0821. The first-order valence-corrected chi connectivity index (χ1v) is 8.36. The summed E-state index contributed by atoms with van der Waals surface area (Å²) >= 11 is 0. The molecule has 22 heavy (non-hydrogen) atoms. The van der Waals surface area contributed by atoms with Crippen LogP contribution < -0.4 is 5.32 Å². The van der Waals surface area contributed by atoms with E-state index in [1.807, 2.05) is 18.2 Å². The summed E-state index contributed by atoms with van der Waals surface area (Å²) < 4.78 is 0. The van der Waals surface area contributed by atoms with Crippen LogP contribution in [-0.2, 0) is 11.2 Å². The maximum atomic E-state index is 13.1. The van der Waals surface area contributed by atoms with Crippen LogP contribution in [0.1, 0.15) is 52.5 Å². The first kappa shape index (κ1) is 15.5. The number of hydrogen-bond donors (Lipinski definition) is 2. The van der Waals surface area contributed by atoms with Gasteiger partial charge in [0.1, 0.15) is 0 Å². The highest BCUT2D eigenvalue weighted by atomic mass is 16.3. The highest BCUT2D eigenvalue weighted by Crippen LogP contribution is 2.72. The fraction of sp³-hybridized carbons (Fsp3) is 0.632. The fourth-order valence-electron chi connectivity index (χ4n) is 4.82. The van der Waals surface area contributed by atoms with Crippen LogP contribution in [0.2, 0.25) is 0 Å². The molecule has 2 aliphatic rings. The molecule has 0 saturated heterocycles. The number of anilines is 1. The monoisotopic (exact) mass is 301 g/mol. The Bertz CT molecular complexity index is 609. The molecule has 0 radical (unpaired) electrons. The van der Waals surface area contributed by atoms with E-state index in [0.717, 1.165) is 30.5 Å². The molecule has 0 spiro atoms. The average Bonchev–Trinajstić information content (AvgIpc) is 2.78. The average molecular weight is 301 g/mol. The lowest BCUT2D eigenvalue weighted by Crippen LogP contribution is -2.43. The maximum Gasteiger partial charge on any atom is 0.231 e. The van der Waals surface area contributed by atoms with Gasteiger partial charge in [-0.15, -0.1) is 0 Å². The van der Waals surface area contributed by atoms with Crippen LogP contribution in [0.5, 0.6) is 0 Å². The minimum atomic E-state index is -0.456. The van der Waals surface area contributed by atoms with E-state index in [9.17, 15) is 9.90 Å². The van der Waals surface area contributed by atoms with Crippen molar-refractivity contribution in [2.75, 3.05) is 5.32 Å². The molecule has 2 N–H and O–H groups in total. The zero-order valence-corrected chi connectivity index (χ0v) is 14.1. The van der Waals surface area contributed by atoms with Gasteiger partial charge in [-0.05, 0) is 48.1 Å². The Morgan fingerprint density at radius 2 is 1.95 bits per heavy atom. The van der Waals surface area contributed by atoms with Gasteiger partial charge in [0.05, 0.1) is 11.5 Å². The largest absolute Gasteiger partial charge is 0.393 e. The summed E-state index contributed by atoms with van der Waals surface area (Å²) in [7, 11) is 0. The topological polar surface area (TPSA) is 49.3 Å². The van der Waals surface area contributed by atoms with Crippen molar-refractivity contribution in [2.24, 2.45) is 16.2 Å². The number of aryl methyl sites for hydroxylation is 1. The summed E-state index contributed by atoms with van der Waals surface area (Å²) in [5, 5.41) is 13.7. The molecule has 120 valence electrons. The van der Waals surface area contributed by atoms with Crippen molar-refractivity contribution in [3.8, 4) is 0 Å². The normalized spacial score (nSPS) is 35.6. The quantitative estimate of drug-likeness (QED) is 0.893. The van der Waals surface area contributed by atoms with Gasteiger partial charge in [-0.1, -0.05) is 45.9 Å². The molecular weight excluding hydrogens is 274 g/mol. The Kier molecular flexibility index (Phi) is 3.41. The zero-order chi connectivity index (χ0) is 16.2. The summed E-state index contributed by atoms with van der Waals surface area (Å²) in [4.78, 5) is 13.1. The number of fused-ring (bicyclic) bond motifs is 2. The van der Waals surface area contributed by atoms with E-state index >= 15 is 0 Å². The molecule has 2 aliphatic carbocycles. The van der Waals surface area contributed by atoms with Gasteiger partial charge in [-0.3, -0.25) is 4.79 Å². The molecule has 3 heteroatoms. The number of nitrogens with one attached hydrogen (secondary N) is 1. The molecule has 1 aromatic rings. The van der Waals surface area contributed by atoms with Crippen molar-refractivity contribution in [1.29, 1.82) is 0 Å². The second-order valence-corrected chi connectivity index (χ2v) is 7.81. The van der Waals surface area contributed by atoms with Crippen LogP contribution in [0.15, 0.2) is 24.3 Å². The van der Waals surface area contributed by atoms with Crippen molar-refractivity contribution >= 4 is 11.6 Å². The Morgan fingerprint density at radius 3 is 2.50 bits per heavy atom. The Morgan fingerprint density at radius 1 is 1.27 bits per heavy atom. The summed E-state index contributed by atoms with van der Waals surface area (Å²) in [6.07, 6.45) is 2.88. The van der Waals surface area contributed by atoms with E-state index in [4.69, 9.17) is 0 Å². The molecule has 0 aromatic heterocycles. The molecule has 2 bridgehead atoms. The Hall–Kier alpha value is -1.35. The van der Waals surface area contributed by atoms with Crippen molar-refractivity contribution in [3.63, 3.8) is 0 Å². The van der Waals surface area contributed by atoms with Crippen molar-refractivity contribution in [2.45, 2.75) is 59.5 Å². The lowest BCUT2D eigenvalue weighted by Gasteiger charge is -2.40. The summed E-state index contributed by atoms with van der Waals surface area (Å²) in [5.74, 6) is 0.0821. The molecule has 1 amide bonds. The van der Waals surface area contributed by atoms with Crippen LogP contribution >= 0.6 is 0 Å². The van der Waals surface area contributed by atoms with Gasteiger partial charge in [0.15, 0.2) is 0 Å². The van der Waals surface area contributed by atoms with Crippen molar-refractivity contribution < 1.29 is 9.90 Å². The van der Waals surface area contributed by atoms with Gasteiger partial charge in [-0.25, -0.2) is 0 Å². The molecule has 3 rings (SSSR count). The number of amides is 1. The van der Waals surface area contributed by atoms with Crippen LogP contribution in [0.4, 0.5) is 5.69 Å². The van der Waals surface area contributed by atoms with Crippen LogP contribution in [0.25, 0.3) is 0 Å². The number of carbonyl (C=O) groups is 1. The van der Waals surface area contributed by atoms with Gasteiger partial charge < -0.3 is 10.4 Å². The summed E-state index contributed by atoms with van der Waals surface area (Å²) in [6.45, 7) is 8.54. The predicted octanol–water partition coefficient (Wildman–Crippen LogP) is 3.76. The minimum Gasteiger partial charge on any atom is -0.393 e. The molecular formula is C19H27NO2. The van der Waals surface area contributed by atoms with E-state index in [2.05, 4.69) is 39.1 Å². The van der Waals surface area contributed by atoms with E-state index in [0.29, 0.717) is 6.42 Å². The first-order chi connectivity index (χ1) is 10.3. The molecule has 0 aliphatic heterocycles. The number of rotatable bonds is 3. The second-order valence-electron chi connectivity index (χ2n) is 7.81. The molecule has 1 aromatic carbocycles. The standard InChI is InChI=1S/C19H27NO2/c1-5-13-8-6-7-9-14(13)20-16(22)19-11-10-18(4,15(21)12-19)17(19,2)3/h6-9,15,21H,5,10-12H2,1-4H3,(H,20,22). The van der Waals surface area contributed by atoms with E-state index in [1.54, 1.807) is 0 Å². The van der Waals surface area contributed by atoms with Gasteiger partial charge in [0, 0.05) is 5.69 Å². The van der Waals surface area contributed by atoms with Crippen molar-refractivity contribution in [1.82, 2.24) is 0 Å². The highest BCUT2D eigenvalue weighted by molar-refractivity contribution is 5.97. The van der Waals surface area contributed by atoms with Gasteiger partial charge >= 0.3 is 0 Å². The van der Waals surface area contributed by atoms with Crippen molar-refractivity contribution in [3.05, 3.63) is 29.8 Å². The van der Waals surface area contributed by atoms with E-state index in [-0.39, 0.29) is 22.8 Å². The molecule has 3 nitrogen and oxygen atoms in total. The van der Waals surface area contributed by atoms with E-state index in [1.165, 1.54) is 0 Å². The molecule has 2 saturated carbocycles. The van der Waals surface area contributed by atoms with E-state index < -0.39 is 5.41 Å². The first-order valence-electron chi connectivity index (χ1n) is 8.36. The van der Waals surface area contributed by atoms with Gasteiger partial charge in [-0.2, -0.15) is 0 Å². The predicted molar refractivity (Wildman–Crippen MR) is 88.6 cm³/mol. The number of aliphatic hydroxyl groups excluding tert-OH is 1. The van der Waals surface area contributed by atoms with Gasteiger partial charge in [0.2, 0.25) is 5.91 Å². The number of aliphatic hydroxyl groups is 1. The van der Waals surface area contributed by atoms with Crippen LogP contribution in [-0.4, -0.2) is 17.1 Å². The maximum absolute atomic E-state index is 13.1. The summed E-state index contributed by atoms with van der Waals surface area (Å²) in [5.41, 5.74) is 1.26. The summed E-state index contributed by atoms with van der Waals surface area (Å²) in [6, 6.07) is 7.99. The molecule has 0 heterocycles. The molecule has 3 unspecified atom stereocenters. The third-order valence-electron chi connectivity index (χ3n) is 7.05. The number of hydrogen-bond acceptors (Lipinski definition) is 2. The number of benzene rings is 1. The SMILES string of the molecule is CCc1ccccc1NC(=O)C12CCC(C)(C(O)C1)C2(C)C. The lowest BCUT2D eigenvalue weighted by atomic mass is 9.64. The van der Waals surface area contributed by atoms with Crippen LogP contribution in [0.3, 0.4) is 0 Å².